The van der Waals surface area contributed by atoms with Crippen molar-refractivity contribution in [3.63, 3.8) is 0 Å². The van der Waals surface area contributed by atoms with Crippen LogP contribution in [0.2, 0.25) is 0 Å². The molecule has 1 atom stereocenters. The monoisotopic (exact) mass is 174 g/mol. The van der Waals surface area contributed by atoms with Gasteiger partial charge in [0.25, 0.3) is 0 Å². The van der Waals surface area contributed by atoms with E-state index < -0.39 is 0 Å². The molecule has 0 heterocycles. The van der Waals surface area contributed by atoms with Gasteiger partial charge in [-0.3, -0.25) is 0 Å². The van der Waals surface area contributed by atoms with E-state index in [9.17, 15) is 0 Å². The molecule has 0 fully saturated rings. The lowest BCUT2D eigenvalue weighted by atomic mass is 10.3. The third kappa shape index (κ3) is 6.62. The maximum atomic E-state index is 5.52. The van der Waals surface area contributed by atoms with Crippen molar-refractivity contribution in [2.24, 2.45) is 0 Å². The standard InChI is InChI=1S/C10H22O2/c1-5-7-8-11-10(6-2)12-9(3)4/h9-10H,5-8H2,1-4H3. The second-order valence-corrected chi connectivity index (χ2v) is 3.25. The molecule has 2 nitrogen and oxygen atoms in total. The largest absolute Gasteiger partial charge is 0.353 e. The fraction of sp³-hybridized carbons (Fsp3) is 1.00. The fourth-order valence-electron chi connectivity index (χ4n) is 0.916. The van der Waals surface area contributed by atoms with Crippen LogP contribution in [0.5, 0.6) is 0 Å². The molecule has 0 aromatic carbocycles. The summed E-state index contributed by atoms with van der Waals surface area (Å²) in [7, 11) is 0. The van der Waals surface area contributed by atoms with Gasteiger partial charge in [-0.05, 0) is 26.7 Å². The highest BCUT2D eigenvalue weighted by Crippen LogP contribution is 2.05. The molecule has 0 spiro atoms. The van der Waals surface area contributed by atoms with Crippen molar-refractivity contribution in [1.82, 2.24) is 0 Å². The van der Waals surface area contributed by atoms with E-state index in [0.29, 0.717) is 0 Å². The zero-order valence-corrected chi connectivity index (χ0v) is 8.80. The highest BCUT2D eigenvalue weighted by Gasteiger charge is 2.07. The minimum absolute atomic E-state index is 0.00319. The van der Waals surface area contributed by atoms with Crippen LogP contribution in [0, 0.1) is 0 Å². The van der Waals surface area contributed by atoms with Crippen molar-refractivity contribution in [2.75, 3.05) is 6.61 Å². The lowest BCUT2D eigenvalue weighted by Gasteiger charge is -2.19. The molecular weight excluding hydrogens is 152 g/mol. The number of rotatable bonds is 7. The molecule has 0 aliphatic rings. The average Bonchev–Trinajstić information content (AvgIpc) is 2.02. The molecule has 0 radical (unpaired) electrons. The SMILES string of the molecule is CCCCOC(CC)OC(C)C. The molecule has 0 aromatic rings. The van der Waals surface area contributed by atoms with Crippen molar-refractivity contribution in [3.05, 3.63) is 0 Å². The second kappa shape index (κ2) is 7.56. The average molecular weight is 174 g/mol. The molecule has 1 unspecified atom stereocenters. The summed E-state index contributed by atoms with van der Waals surface area (Å²) in [5.41, 5.74) is 0. The van der Waals surface area contributed by atoms with Gasteiger partial charge in [0.15, 0.2) is 6.29 Å². The van der Waals surface area contributed by atoms with E-state index in [0.717, 1.165) is 19.4 Å². The molecule has 0 amide bonds. The van der Waals surface area contributed by atoms with Crippen LogP contribution in [-0.4, -0.2) is 19.0 Å². The zero-order valence-electron chi connectivity index (χ0n) is 8.80. The maximum absolute atomic E-state index is 5.52. The number of hydrogen-bond acceptors (Lipinski definition) is 2. The molecule has 0 saturated carbocycles. The first kappa shape index (κ1) is 11.9. The van der Waals surface area contributed by atoms with Gasteiger partial charge in [0.2, 0.25) is 0 Å². The summed E-state index contributed by atoms with van der Waals surface area (Å²) in [6, 6.07) is 0. The highest BCUT2D eigenvalue weighted by molar-refractivity contribution is 4.44. The third-order valence-electron chi connectivity index (χ3n) is 1.56. The van der Waals surface area contributed by atoms with Gasteiger partial charge in [0, 0.05) is 6.61 Å². The third-order valence-corrected chi connectivity index (χ3v) is 1.56. The van der Waals surface area contributed by atoms with E-state index in [1.165, 1.54) is 6.42 Å². The predicted octanol–water partition coefficient (Wildman–Crippen LogP) is 2.96. The van der Waals surface area contributed by atoms with Gasteiger partial charge in [0.1, 0.15) is 0 Å². The van der Waals surface area contributed by atoms with Crippen LogP contribution in [-0.2, 0) is 9.47 Å². The normalized spacial score (nSPS) is 13.8. The van der Waals surface area contributed by atoms with E-state index in [4.69, 9.17) is 9.47 Å². The Morgan fingerprint density at radius 1 is 1.17 bits per heavy atom. The van der Waals surface area contributed by atoms with Crippen molar-refractivity contribution >= 4 is 0 Å². The van der Waals surface area contributed by atoms with Gasteiger partial charge in [0.05, 0.1) is 6.10 Å². The number of hydrogen-bond donors (Lipinski definition) is 0. The van der Waals surface area contributed by atoms with Crippen LogP contribution < -0.4 is 0 Å². The Balaban J connectivity index is 3.39. The molecule has 0 aromatic heterocycles. The first-order valence-electron chi connectivity index (χ1n) is 4.97. The van der Waals surface area contributed by atoms with Crippen molar-refractivity contribution in [3.8, 4) is 0 Å². The van der Waals surface area contributed by atoms with Crippen molar-refractivity contribution in [2.45, 2.75) is 59.4 Å². The molecule has 0 saturated heterocycles. The Labute approximate surface area is 76.3 Å². The topological polar surface area (TPSA) is 18.5 Å². The maximum Gasteiger partial charge on any atom is 0.157 e. The molecule has 2 heteroatoms. The fourth-order valence-corrected chi connectivity index (χ4v) is 0.916. The minimum Gasteiger partial charge on any atom is -0.353 e. The van der Waals surface area contributed by atoms with Crippen LogP contribution in [0.25, 0.3) is 0 Å². The van der Waals surface area contributed by atoms with Gasteiger partial charge in [-0.25, -0.2) is 0 Å². The van der Waals surface area contributed by atoms with Gasteiger partial charge >= 0.3 is 0 Å². The Morgan fingerprint density at radius 3 is 2.25 bits per heavy atom. The smallest absolute Gasteiger partial charge is 0.157 e. The Bertz CT molecular complexity index is 91.8. The summed E-state index contributed by atoms with van der Waals surface area (Å²) >= 11 is 0. The first-order chi connectivity index (χ1) is 5.70. The van der Waals surface area contributed by atoms with E-state index in [2.05, 4.69) is 13.8 Å². The molecule has 0 N–H and O–H groups in total. The van der Waals surface area contributed by atoms with Gasteiger partial charge in [-0.2, -0.15) is 0 Å². The van der Waals surface area contributed by atoms with Crippen LogP contribution in [0.3, 0.4) is 0 Å². The summed E-state index contributed by atoms with van der Waals surface area (Å²) in [5.74, 6) is 0. The lowest BCUT2D eigenvalue weighted by molar-refractivity contribution is -0.164. The van der Waals surface area contributed by atoms with Gasteiger partial charge in [-0.1, -0.05) is 20.3 Å². The van der Waals surface area contributed by atoms with Crippen LogP contribution in [0.15, 0.2) is 0 Å². The molecule has 12 heavy (non-hydrogen) atoms. The summed E-state index contributed by atoms with van der Waals surface area (Å²) in [6.45, 7) is 9.13. The summed E-state index contributed by atoms with van der Waals surface area (Å²) < 4.78 is 11.0. The van der Waals surface area contributed by atoms with Gasteiger partial charge < -0.3 is 9.47 Å². The summed E-state index contributed by atoms with van der Waals surface area (Å²) in [4.78, 5) is 0. The second-order valence-electron chi connectivity index (χ2n) is 3.25. The summed E-state index contributed by atoms with van der Waals surface area (Å²) in [5, 5.41) is 0. The molecule has 0 aliphatic carbocycles. The Hall–Kier alpha value is -0.0800. The van der Waals surface area contributed by atoms with Crippen LogP contribution >= 0.6 is 0 Å². The Morgan fingerprint density at radius 2 is 1.83 bits per heavy atom. The zero-order chi connectivity index (χ0) is 9.40. The summed E-state index contributed by atoms with van der Waals surface area (Å²) in [6.07, 6.45) is 3.49. The first-order valence-corrected chi connectivity index (χ1v) is 4.97. The Kier molecular flexibility index (Phi) is 7.51. The molecular formula is C10H22O2. The van der Waals surface area contributed by atoms with Gasteiger partial charge in [-0.15, -0.1) is 0 Å². The number of ether oxygens (including phenoxy) is 2. The quantitative estimate of drug-likeness (QED) is 0.436. The molecule has 0 aliphatic heterocycles. The van der Waals surface area contributed by atoms with Crippen LogP contribution in [0.4, 0.5) is 0 Å². The minimum atomic E-state index is -0.00319. The highest BCUT2D eigenvalue weighted by atomic mass is 16.7. The van der Waals surface area contributed by atoms with Crippen molar-refractivity contribution < 1.29 is 9.47 Å². The lowest BCUT2D eigenvalue weighted by Crippen LogP contribution is -2.20. The number of unbranched alkanes of at least 4 members (excludes halogenated alkanes) is 1. The van der Waals surface area contributed by atoms with Crippen LogP contribution in [0.1, 0.15) is 47.0 Å². The van der Waals surface area contributed by atoms with E-state index in [1.807, 2.05) is 13.8 Å². The molecule has 0 rings (SSSR count). The molecule has 74 valence electrons. The molecule has 0 bridgehead atoms. The van der Waals surface area contributed by atoms with E-state index in [1.54, 1.807) is 0 Å². The van der Waals surface area contributed by atoms with E-state index in [-0.39, 0.29) is 12.4 Å². The predicted molar refractivity (Wildman–Crippen MR) is 51.2 cm³/mol. The van der Waals surface area contributed by atoms with E-state index >= 15 is 0 Å². The van der Waals surface area contributed by atoms with Crippen molar-refractivity contribution in [1.29, 1.82) is 0 Å².